The Kier molecular flexibility index (Phi) is 3.80. The Bertz CT molecular complexity index is 1240. The van der Waals surface area contributed by atoms with E-state index in [9.17, 15) is 9.18 Å². The Morgan fingerprint density at radius 1 is 1.38 bits per heavy atom. The summed E-state index contributed by atoms with van der Waals surface area (Å²) in [6, 6.07) is 1.67. The van der Waals surface area contributed by atoms with Gasteiger partial charge >= 0.3 is 0 Å². The van der Waals surface area contributed by atoms with Gasteiger partial charge in [0.05, 0.1) is 0 Å². The lowest BCUT2D eigenvalue weighted by molar-refractivity contribution is -0.121. The average Bonchev–Trinajstić information content (AvgIpc) is 3.26. The zero-order chi connectivity index (χ0) is 20.2. The van der Waals surface area contributed by atoms with Gasteiger partial charge in [0, 0.05) is 66.0 Å². The monoisotopic (exact) mass is 393 g/mol. The number of nitrogens with one attached hydrogen (secondary N) is 3. The van der Waals surface area contributed by atoms with Crippen molar-refractivity contribution in [3.05, 3.63) is 42.9 Å². The van der Waals surface area contributed by atoms with E-state index in [1.165, 1.54) is 13.0 Å². The van der Waals surface area contributed by atoms with Gasteiger partial charge < -0.3 is 20.0 Å². The molecule has 0 aliphatic heterocycles. The van der Waals surface area contributed by atoms with Crippen molar-refractivity contribution in [1.82, 2.24) is 29.7 Å². The molecular formula is C20H20FN7O. The fourth-order valence-corrected chi connectivity index (χ4v) is 4.19. The molecular weight excluding hydrogens is 373 g/mol. The number of hydrogen-bond donors (Lipinski definition) is 3. The first-order valence-corrected chi connectivity index (χ1v) is 9.42. The summed E-state index contributed by atoms with van der Waals surface area (Å²) in [4.78, 5) is 27.4. The largest absolute Gasteiger partial charge is 0.351 e. The molecule has 1 aliphatic rings. The van der Waals surface area contributed by atoms with Gasteiger partial charge in [0.1, 0.15) is 5.65 Å². The van der Waals surface area contributed by atoms with Crippen LogP contribution in [-0.2, 0) is 4.79 Å². The average molecular weight is 393 g/mol. The maximum atomic E-state index is 14.3. The van der Waals surface area contributed by atoms with E-state index in [1.54, 1.807) is 29.2 Å². The zero-order valence-corrected chi connectivity index (χ0v) is 16.0. The Morgan fingerprint density at radius 3 is 3.00 bits per heavy atom. The molecule has 29 heavy (non-hydrogen) atoms. The smallest absolute Gasteiger partial charge is 0.224 e. The van der Waals surface area contributed by atoms with Crippen molar-refractivity contribution in [3.8, 4) is 11.1 Å². The van der Waals surface area contributed by atoms with Gasteiger partial charge in [-0.3, -0.25) is 4.79 Å². The molecule has 1 amide bonds. The number of aromatic amines is 1. The summed E-state index contributed by atoms with van der Waals surface area (Å²) in [7, 11) is 0. The quantitative estimate of drug-likeness (QED) is 0.495. The number of aromatic nitrogens is 5. The number of carbonyl (C=O) groups is 1. The minimum absolute atomic E-state index is 0.0205. The van der Waals surface area contributed by atoms with Crippen LogP contribution in [0.4, 0.5) is 10.3 Å². The lowest BCUT2D eigenvalue weighted by Crippen LogP contribution is -2.59. The molecule has 3 N–H and O–H groups in total. The van der Waals surface area contributed by atoms with Gasteiger partial charge in [-0.1, -0.05) is 0 Å². The van der Waals surface area contributed by atoms with E-state index in [0.717, 1.165) is 23.8 Å². The molecule has 0 bridgehead atoms. The number of H-pyrrole nitrogens is 1. The van der Waals surface area contributed by atoms with Crippen LogP contribution in [0.1, 0.15) is 26.7 Å². The molecule has 8 nitrogen and oxygen atoms in total. The molecule has 5 rings (SSSR count). The van der Waals surface area contributed by atoms with E-state index >= 15 is 0 Å². The number of carbonyl (C=O) groups excluding carboxylic acids is 1. The maximum absolute atomic E-state index is 14.3. The predicted molar refractivity (Wildman–Crippen MR) is 107 cm³/mol. The normalized spacial score (nSPS) is 21.3. The third kappa shape index (κ3) is 3.08. The highest BCUT2D eigenvalue weighted by Gasteiger charge is 2.41. The first-order chi connectivity index (χ1) is 13.9. The highest BCUT2D eigenvalue weighted by molar-refractivity contribution is 5.93. The van der Waals surface area contributed by atoms with Crippen molar-refractivity contribution in [2.75, 3.05) is 5.32 Å². The number of imidazole rings is 1. The number of nitrogens with zero attached hydrogens (tertiary/aromatic N) is 4. The molecule has 1 aliphatic carbocycles. The van der Waals surface area contributed by atoms with Gasteiger partial charge in [0.25, 0.3) is 0 Å². The predicted octanol–water partition coefficient (Wildman–Crippen LogP) is 2.88. The topological polar surface area (TPSA) is 100 Å². The van der Waals surface area contributed by atoms with Crippen molar-refractivity contribution < 1.29 is 9.18 Å². The third-order valence-electron chi connectivity index (χ3n) is 5.39. The first kappa shape index (κ1) is 17.6. The minimum Gasteiger partial charge on any atom is -0.351 e. The van der Waals surface area contributed by atoms with Crippen LogP contribution in [0.3, 0.4) is 0 Å². The molecule has 0 radical (unpaired) electrons. The minimum atomic E-state index is -0.381. The number of rotatable bonds is 4. The van der Waals surface area contributed by atoms with Crippen LogP contribution in [0, 0.1) is 5.82 Å². The van der Waals surface area contributed by atoms with Gasteiger partial charge in [-0.15, -0.1) is 0 Å². The van der Waals surface area contributed by atoms with Crippen molar-refractivity contribution in [2.24, 2.45) is 0 Å². The number of halogens is 1. The van der Waals surface area contributed by atoms with Crippen LogP contribution < -0.4 is 10.6 Å². The fraction of sp³-hybridized carbons (Fsp3) is 0.300. The van der Waals surface area contributed by atoms with E-state index in [2.05, 4.69) is 30.6 Å². The van der Waals surface area contributed by atoms with Crippen LogP contribution >= 0.6 is 0 Å². The molecule has 4 heterocycles. The summed E-state index contributed by atoms with van der Waals surface area (Å²) in [6.07, 6.45) is 10.3. The molecule has 0 aromatic carbocycles. The van der Waals surface area contributed by atoms with E-state index in [-0.39, 0.29) is 23.3 Å². The number of amides is 1. The van der Waals surface area contributed by atoms with E-state index in [1.807, 2.05) is 13.1 Å². The molecule has 148 valence electrons. The maximum Gasteiger partial charge on any atom is 0.224 e. The Hall–Kier alpha value is -3.49. The molecule has 1 fully saturated rings. The van der Waals surface area contributed by atoms with Crippen LogP contribution in [0.2, 0.25) is 0 Å². The second-order valence-corrected chi connectivity index (χ2v) is 7.88. The summed E-state index contributed by atoms with van der Waals surface area (Å²) in [5.74, 6) is 0.123. The second-order valence-electron chi connectivity index (χ2n) is 7.88. The van der Waals surface area contributed by atoms with Crippen molar-refractivity contribution in [2.45, 2.75) is 38.3 Å². The molecule has 0 spiro atoms. The molecule has 0 unspecified atom stereocenters. The molecule has 0 saturated heterocycles. The molecule has 9 heteroatoms. The number of fused-ring (bicyclic) bond motifs is 2. The van der Waals surface area contributed by atoms with E-state index < -0.39 is 0 Å². The standard InChI is InChI=1S/C20H20FN7O/c1-11(29)27-20(2)6-13(7-20)25-19-24-9-15-14(8-23-17(15)26-19)12-5-16(21)18-22-3-4-28(18)10-12/h3-5,8-10,13H,6-7H2,1-2H3,(H,27,29)(H2,23,24,25,26)/t13-,20-. The van der Waals surface area contributed by atoms with Crippen molar-refractivity contribution in [3.63, 3.8) is 0 Å². The molecule has 0 atom stereocenters. The Labute approximate surface area is 165 Å². The first-order valence-electron chi connectivity index (χ1n) is 9.42. The summed E-state index contributed by atoms with van der Waals surface area (Å²) in [6.45, 7) is 3.56. The highest BCUT2D eigenvalue weighted by atomic mass is 19.1. The van der Waals surface area contributed by atoms with Gasteiger partial charge in [0.2, 0.25) is 11.9 Å². The van der Waals surface area contributed by atoms with Crippen molar-refractivity contribution >= 4 is 28.5 Å². The lowest BCUT2D eigenvalue weighted by Gasteiger charge is -2.45. The molecule has 4 aromatic rings. The summed E-state index contributed by atoms with van der Waals surface area (Å²) >= 11 is 0. The Balaban J connectivity index is 1.38. The summed E-state index contributed by atoms with van der Waals surface area (Å²) < 4.78 is 16.0. The van der Waals surface area contributed by atoms with Crippen LogP contribution in [-0.4, -0.2) is 41.8 Å². The highest BCUT2D eigenvalue weighted by Crippen LogP contribution is 2.34. The van der Waals surface area contributed by atoms with Crippen LogP contribution in [0.15, 0.2) is 37.1 Å². The molecule has 1 saturated carbocycles. The molecule has 4 aromatic heterocycles. The zero-order valence-electron chi connectivity index (χ0n) is 16.0. The second kappa shape index (κ2) is 6.26. The Morgan fingerprint density at radius 2 is 2.21 bits per heavy atom. The van der Waals surface area contributed by atoms with Gasteiger partial charge in [0.15, 0.2) is 11.5 Å². The number of hydrogen-bond acceptors (Lipinski definition) is 5. The van der Waals surface area contributed by atoms with E-state index in [0.29, 0.717) is 22.8 Å². The van der Waals surface area contributed by atoms with Gasteiger partial charge in [-0.05, 0) is 25.8 Å². The number of anilines is 1. The summed E-state index contributed by atoms with van der Waals surface area (Å²) in [5, 5.41) is 7.10. The van der Waals surface area contributed by atoms with Crippen molar-refractivity contribution in [1.29, 1.82) is 0 Å². The SMILES string of the molecule is CC(=O)N[C@]1(C)C[C@@H](Nc2ncc3c(-c4cc(F)c5nccn5c4)c[nH]c3n2)C1. The lowest BCUT2D eigenvalue weighted by atomic mass is 9.74. The number of pyridine rings is 1. The van der Waals surface area contributed by atoms with Crippen LogP contribution in [0.5, 0.6) is 0 Å². The van der Waals surface area contributed by atoms with E-state index in [4.69, 9.17) is 0 Å². The van der Waals surface area contributed by atoms with Crippen LogP contribution in [0.25, 0.3) is 27.8 Å². The third-order valence-corrected chi connectivity index (χ3v) is 5.39. The van der Waals surface area contributed by atoms with Gasteiger partial charge in [-0.2, -0.15) is 4.98 Å². The fourth-order valence-electron chi connectivity index (χ4n) is 4.19. The van der Waals surface area contributed by atoms with Gasteiger partial charge in [-0.25, -0.2) is 14.4 Å². The summed E-state index contributed by atoms with van der Waals surface area (Å²) in [5.41, 5.74) is 2.33.